The molecule has 27 heavy (non-hydrogen) atoms. The number of carbonyl (C=O) groups excluding carboxylic acids is 2. The number of hydrazine groups is 1. The predicted molar refractivity (Wildman–Crippen MR) is 113 cm³/mol. The Morgan fingerprint density at radius 3 is 2.44 bits per heavy atom. The summed E-state index contributed by atoms with van der Waals surface area (Å²) in [5.41, 5.74) is 6.06. The molecule has 2 aromatic carbocycles. The van der Waals surface area contributed by atoms with Gasteiger partial charge in [-0.3, -0.25) is 20.4 Å². The summed E-state index contributed by atoms with van der Waals surface area (Å²) in [5.74, 6) is -0.646. The van der Waals surface area contributed by atoms with Crippen LogP contribution in [0.25, 0.3) is 10.1 Å². The van der Waals surface area contributed by atoms with E-state index in [1.165, 1.54) is 11.3 Å². The van der Waals surface area contributed by atoms with Crippen molar-refractivity contribution >= 4 is 62.2 Å². The van der Waals surface area contributed by atoms with E-state index in [1.807, 2.05) is 54.6 Å². The standard InChI is InChI=1S/C19H16ClN3O2S2/c20-16-13-8-4-5-9-14(13)27-17(16)18(25)22-23-19(26)21-15(24)11-10-12-6-2-1-3-7-12/h1-9H,10-11H2,(H,22,25)(H2,21,23,24,26). The second-order valence-electron chi connectivity index (χ2n) is 5.68. The number of thiocarbonyl (C=S) groups is 1. The van der Waals surface area contributed by atoms with Crippen LogP contribution in [0, 0.1) is 0 Å². The molecular weight excluding hydrogens is 402 g/mol. The van der Waals surface area contributed by atoms with Crippen molar-refractivity contribution in [1.82, 2.24) is 16.2 Å². The topological polar surface area (TPSA) is 70.2 Å². The maximum atomic E-state index is 12.3. The fraction of sp³-hybridized carbons (Fsp3) is 0.105. The first-order valence-corrected chi connectivity index (χ1v) is 9.76. The lowest BCUT2D eigenvalue weighted by Gasteiger charge is -2.10. The first kappa shape index (κ1) is 19.3. The summed E-state index contributed by atoms with van der Waals surface area (Å²) in [4.78, 5) is 24.6. The first-order chi connectivity index (χ1) is 13.0. The van der Waals surface area contributed by atoms with Gasteiger partial charge in [-0.2, -0.15) is 0 Å². The smallest absolute Gasteiger partial charge is 0.281 e. The van der Waals surface area contributed by atoms with E-state index in [0.717, 1.165) is 15.6 Å². The fourth-order valence-electron chi connectivity index (χ4n) is 2.45. The number of benzene rings is 2. The van der Waals surface area contributed by atoms with Gasteiger partial charge in [-0.05, 0) is 30.3 Å². The molecule has 0 aliphatic rings. The summed E-state index contributed by atoms with van der Waals surface area (Å²) in [5, 5.41) is 3.78. The van der Waals surface area contributed by atoms with E-state index in [9.17, 15) is 9.59 Å². The molecule has 0 fully saturated rings. The van der Waals surface area contributed by atoms with E-state index in [-0.39, 0.29) is 11.0 Å². The number of hydrogen-bond donors (Lipinski definition) is 3. The van der Waals surface area contributed by atoms with Crippen LogP contribution < -0.4 is 16.2 Å². The van der Waals surface area contributed by atoms with Crippen molar-refractivity contribution in [3.8, 4) is 0 Å². The van der Waals surface area contributed by atoms with Gasteiger partial charge in [0.2, 0.25) is 5.91 Å². The Balaban J connectivity index is 1.48. The normalized spacial score (nSPS) is 10.4. The third kappa shape index (κ3) is 5.03. The second kappa shape index (κ2) is 8.94. The molecule has 3 aromatic rings. The molecule has 3 rings (SSSR count). The SMILES string of the molecule is O=C(CCc1ccccc1)NC(=S)NNC(=O)c1sc2ccccc2c1Cl. The van der Waals surface area contributed by atoms with Crippen LogP contribution in [0.5, 0.6) is 0 Å². The zero-order valence-electron chi connectivity index (χ0n) is 14.1. The molecule has 3 N–H and O–H groups in total. The maximum absolute atomic E-state index is 12.3. The van der Waals surface area contributed by atoms with Crippen LogP contribution >= 0.6 is 35.2 Å². The molecule has 0 aliphatic carbocycles. The monoisotopic (exact) mass is 417 g/mol. The summed E-state index contributed by atoms with van der Waals surface area (Å²) in [6.45, 7) is 0. The fourth-order valence-corrected chi connectivity index (χ4v) is 4.03. The van der Waals surface area contributed by atoms with Crippen LogP contribution in [-0.2, 0) is 11.2 Å². The Labute approximate surface area is 170 Å². The lowest BCUT2D eigenvalue weighted by Crippen LogP contribution is -2.48. The Hall–Kier alpha value is -2.48. The van der Waals surface area contributed by atoms with E-state index < -0.39 is 5.91 Å². The molecule has 8 heteroatoms. The molecule has 138 valence electrons. The highest BCUT2D eigenvalue weighted by atomic mass is 35.5. The van der Waals surface area contributed by atoms with Gasteiger partial charge >= 0.3 is 0 Å². The number of hydrogen-bond acceptors (Lipinski definition) is 4. The number of rotatable bonds is 4. The molecule has 0 bridgehead atoms. The van der Waals surface area contributed by atoms with Crippen LogP contribution in [0.15, 0.2) is 54.6 Å². The lowest BCUT2D eigenvalue weighted by molar-refractivity contribution is -0.119. The Morgan fingerprint density at radius 2 is 1.70 bits per heavy atom. The Kier molecular flexibility index (Phi) is 6.39. The molecule has 0 unspecified atom stereocenters. The van der Waals surface area contributed by atoms with E-state index in [0.29, 0.717) is 22.7 Å². The minimum absolute atomic E-state index is 0.0265. The molecule has 1 aromatic heterocycles. The third-order valence-electron chi connectivity index (χ3n) is 3.77. The Morgan fingerprint density at radius 1 is 1.00 bits per heavy atom. The largest absolute Gasteiger partial charge is 0.302 e. The highest BCUT2D eigenvalue weighted by molar-refractivity contribution is 7.80. The van der Waals surface area contributed by atoms with Crippen LogP contribution in [0.2, 0.25) is 5.02 Å². The average molecular weight is 418 g/mol. The van der Waals surface area contributed by atoms with Gasteiger partial charge in [0.25, 0.3) is 5.91 Å². The molecule has 0 spiro atoms. The molecule has 0 radical (unpaired) electrons. The van der Waals surface area contributed by atoms with Crippen molar-refractivity contribution in [3.05, 3.63) is 70.1 Å². The van der Waals surface area contributed by atoms with Crippen LogP contribution in [0.3, 0.4) is 0 Å². The third-order valence-corrected chi connectivity index (χ3v) is 5.65. The molecule has 0 saturated heterocycles. The van der Waals surface area contributed by atoms with Crippen LogP contribution in [-0.4, -0.2) is 16.9 Å². The molecule has 1 heterocycles. The van der Waals surface area contributed by atoms with Crippen molar-refractivity contribution in [2.75, 3.05) is 0 Å². The highest BCUT2D eigenvalue weighted by Crippen LogP contribution is 2.34. The molecule has 5 nitrogen and oxygen atoms in total. The highest BCUT2D eigenvalue weighted by Gasteiger charge is 2.17. The number of aryl methyl sites for hydroxylation is 1. The van der Waals surface area contributed by atoms with Crippen molar-refractivity contribution < 1.29 is 9.59 Å². The van der Waals surface area contributed by atoms with Crippen molar-refractivity contribution in [2.45, 2.75) is 12.8 Å². The number of carbonyl (C=O) groups is 2. The lowest BCUT2D eigenvalue weighted by atomic mass is 10.1. The summed E-state index contributed by atoms with van der Waals surface area (Å²) in [6, 6.07) is 17.2. The Bertz CT molecular complexity index is 989. The van der Waals surface area contributed by atoms with Crippen molar-refractivity contribution in [1.29, 1.82) is 0 Å². The summed E-state index contributed by atoms with van der Waals surface area (Å²) in [6.07, 6.45) is 0.904. The van der Waals surface area contributed by atoms with Gasteiger partial charge in [-0.1, -0.05) is 60.1 Å². The van der Waals surface area contributed by atoms with E-state index >= 15 is 0 Å². The molecule has 2 amide bonds. The van der Waals surface area contributed by atoms with Crippen molar-refractivity contribution in [3.63, 3.8) is 0 Å². The average Bonchev–Trinajstić information content (AvgIpc) is 3.02. The summed E-state index contributed by atoms with van der Waals surface area (Å²) in [7, 11) is 0. The van der Waals surface area contributed by atoms with E-state index in [4.69, 9.17) is 23.8 Å². The second-order valence-corrected chi connectivity index (χ2v) is 7.52. The van der Waals surface area contributed by atoms with Gasteiger partial charge in [0, 0.05) is 16.5 Å². The molecule has 0 atom stereocenters. The number of halogens is 1. The van der Waals surface area contributed by atoms with Gasteiger partial charge in [0.15, 0.2) is 5.11 Å². The van der Waals surface area contributed by atoms with Crippen molar-refractivity contribution in [2.24, 2.45) is 0 Å². The number of fused-ring (bicyclic) bond motifs is 1. The van der Waals surface area contributed by atoms with Crippen LogP contribution in [0.1, 0.15) is 21.7 Å². The summed E-state index contributed by atoms with van der Waals surface area (Å²) >= 11 is 12.6. The number of thiophene rings is 1. The minimum atomic E-state index is -0.415. The zero-order valence-corrected chi connectivity index (χ0v) is 16.5. The van der Waals surface area contributed by atoms with Gasteiger partial charge in [0.1, 0.15) is 4.88 Å². The van der Waals surface area contributed by atoms with Crippen LogP contribution in [0.4, 0.5) is 0 Å². The maximum Gasteiger partial charge on any atom is 0.281 e. The first-order valence-electron chi connectivity index (χ1n) is 8.15. The number of amides is 2. The predicted octanol–water partition coefficient (Wildman–Crippen LogP) is 3.82. The number of nitrogens with one attached hydrogen (secondary N) is 3. The summed E-state index contributed by atoms with van der Waals surface area (Å²) < 4.78 is 0.921. The van der Waals surface area contributed by atoms with Gasteiger partial charge in [0.05, 0.1) is 5.02 Å². The van der Waals surface area contributed by atoms with Gasteiger partial charge < -0.3 is 5.32 Å². The molecule has 0 aliphatic heterocycles. The van der Waals surface area contributed by atoms with E-state index in [2.05, 4.69) is 16.2 Å². The van der Waals surface area contributed by atoms with E-state index in [1.54, 1.807) is 0 Å². The van der Waals surface area contributed by atoms with Gasteiger partial charge in [-0.15, -0.1) is 11.3 Å². The molecular formula is C19H16ClN3O2S2. The quantitative estimate of drug-likeness (QED) is 0.445. The zero-order chi connectivity index (χ0) is 19.2. The molecule has 0 saturated carbocycles. The van der Waals surface area contributed by atoms with Gasteiger partial charge in [-0.25, -0.2) is 0 Å². The minimum Gasteiger partial charge on any atom is -0.302 e.